The smallest absolute Gasteiger partial charge is 0.321 e. The Bertz CT molecular complexity index is 917. The number of nitrogens with zero attached hydrogens (tertiary/aromatic N) is 3. The van der Waals surface area contributed by atoms with E-state index in [1.807, 2.05) is 36.2 Å². The number of likely N-dealkylation sites (tertiary alicyclic amines) is 1. The van der Waals surface area contributed by atoms with Crippen molar-refractivity contribution in [3.8, 4) is 0 Å². The highest BCUT2D eigenvalue weighted by molar-refractivity contribution is 5.93. The van der Waals surface area contributed by atoms with Crippen LogP contribution in [0.25, 0.3) is 10.9 Å². The number of hydrogen-bond donors (Lipinski definition) is 2. The van der Waals surface area contributed by atoms with Crippen LogP contribution in [0.2, 0.25) is 0 Å². The van der Waals surface area contributed by atoms with Crippen LogP contribution in [0.15, 0.2) is 36.5 Å². The lowest BCUT2D eigenvalue weighted by molar-refractivity contribution is 0.193. The van der Waals surface area contributed by atoms with Crippen molar-refractivity contribution in [2.75, 3.05) is 18.4 Å². The van der Waals surface area contributed by atoms with Gasteiger partial charge in [-0.25, -0.2) is 4.79 Å². The number of carbonyl (C=O) groups is 1. The second-order valence-electron chi connectivity index (χ2n) is 7.02. The minimum Gasteiger partial charge on any atom is -0.359 e. The van der Waals surface area contributed by atoms with Gasteiger partial charge in [0.25, 0.3) is 0 Å². The molecule has 0 unspecified atom stereocenters. The SMILES string of the molecule is CCn1nccc1C1CCN(C(=O)Nc2ccc3[nH]c(C)cc3c2)CC1. The standard InChI is InChI=1S/C20H25N5O/c1-3-25-19(6-9-21-25)15-7-10-24(11-8-15)20(26)23-17-4-5-18-16(13-17)12-14(2)22-18/h4-6,9,12-13,15,22H,3,7-8,10-11H2,1-2H3,(H,23,26). The van der Waals surface area contributed by atoms with Crippen molar-refractivity contribution in [2.24, 2.45) is 0 Å². The fraction of sp³-hybridized carbons (Fsp3) is 0.400. The molecule has 0 saturated carbocycles. The molecule has 0 aliphatic carbocycles. The number of H-pyrrole nitrogens is 1. The maximum Gasteiger partial charge on any atom is 0.321 e. The molecule has 4 rings (SSSR count). The first-order chi connectivity index (χ1) is 12.6. The summed E-state index contributed by atoms with van der Waals surface area (Å²) in [6.45, 7) is 6.59. The molecule has 1 aliphatic heterocycles. The molecule has 0 atom stereocenters. The van der Waals surface area contributed by atoms with E-state index in [1.165, 1.54) is 5.69 Å². The highest BCUT2D eigenvalue weighted by Crippen LogP contribution is 2.28. The molecule has 0 spiro atoms. The first-order valence-electron chi connectivity index (χ1n) is 9.31. The highest BCUT2D eigenvalue weighted by atomic mass is 16.2. The number of nitrogens with one attached hydrogen (secondary N) is 2. The van der Waals surface area contributed by atoms with Crippen LogP contribution in [0, 0.1) is 6.92 Å². The molecule has 1 saturated heterocycles. The lowest BCUT2D eigenvalue weighted by Gasteiger charge is -2.32. The Kier molecular flexibility index (Phi) is 4.41. The molecule has 6 heteroatoms. The number of urea groups is 1. The molecular formula is C20H25N5O. The zero-order chi connectivity index (χ0) is 18.1. The average molecular weight is 351 g/mol. The van der Waals surface area contributed by atoms with Crippen LogP contribution in [-0.4, -0.2) is 38.8 Å². The summed E-state index contributed by atoms with van der Waals surface area (Å²) in [5.41, 5.74) is 4.35. The Balaban J connectivity index is 1.38. The fourth-order valence-electron chi connectivity index (χ4n) is 3.89. The fourth-order valence-corrected chi connectivity index (χ4v) is 3.89. The van der Waals surface area contributed by atoms with Gasteiger partial charge < -0.3 is 15.2 Å². The Morgan fingerprint density at radius 1 is 1.27 bits per heavy atom. The largest absolute Gasteiger partial charge is 0.359 e. The molecule has 3 aromatic rings. The predicted octanol–water partition coefficient (Wildman–Crippen LogP) is 4.10. The first kappa shape index (κ1) is 16.7. The summed E-state index contributed by atoms with van der Waals surface area (Å²) < 4.78 is 2.06. The topological polar surface area (TPSA) is 66.0 Å². The van der Waals surface area contributed by atoms with E-state index in [-0.39, 0.29) is 6.03 Å². The van der Waals surface area contributed by atoms with Crippen LogP contribution >= 0.6 is 0 Å². The summed E-state index contributed by atoms with van der Waals surface area (Å²) in [6.07, 6.45) is 3.83. The van der Waals surface area contributed by atoms with Crippen molar-refractivity contribution in [2.45, 2.75) is 39.2 Å². The Morgan fingerprint density at radius 2 is 2.08 bits per heavy atom. The maximum absolute atomic E-state index is 12.6. The van der Waals surface area contributed by atoms with Crippen molar-refractivity contribution in [3.63, 3.8) is 0 Å². The average Bonchev–Trinajstić information content (AvgIpc) is 3.26. The number of aromatic nitrogens is 3. The van der Waals surface area contributed by atoms with Crippen molar-refractivity contribution in [3.05, 3.63) is 47.9 Å². The number of benzene rings is 1. The maximum atomic E-state index is 12.6. The first-order valence-corrected chi connectivity index (χ1v) is 9.31. The number of rotatable bonds is 3. The molecule has 2 aromatic heterocycles. The third-order valence-corrected chi connectivity index (χ3v) is 5.26. The van der Waals surface area contributed by atoms with Crippen LogP contribution in [0.3, 0.4) is 0 Å². The van der Waals surface area contributed by atoms with Gasteiger partial charge in [-0.15, -0.1) is 0 Å². The van der Waals surface area contributed by atoms with E-state index in [0.717, 1.165) is 54.8 Å². The number of amides is 2. The van der Waals surface area contributed by atoms with Crippen LogP contribution in [0.4, 0.5) is 10.5 Å². The molecule has 1 aliphatic rings. The van der Waals surface area contributed by atoms with Gasteiger partial charge in [0.1, 0.15) is 0 Å². The van der Waals surface area contributed by atoms with Gasteiger partial charge in [0.15, 0.2) is 0 Å². The minimum absolute atomic E-state index is 0.0148. The number of piperidine rings is 1. The number of fused-ring (bicyclic) bond motifs is 1. The van der Waals surface area contributed by atoms with Gasteiger partial charge in [-0.05, 0) is 57.0 Å². The molecular weight excluding hydrogens is 326 g/mol. The summed E-state index contributed by atoms with van der Waals surface area (Å²) >= 11 is 0. The van der Waals surface area contributed by atoms with Crippen molar-refractivity contribution >= 4 is 22.6 Å². The lowest BCUT2D eigenvalue weighted by Crippen LogP contribution is -2.40. The quantitative estimate of drug-likeness (QED) is 0.746. The van der Waals surface area contributed by atoms with Gasteiger partial charge in [-0.1, -0.05) is 0 Å². The van der Waals surface area contributed by atoms with E-state index in [4.69, 9.17) is 0 Å². The van der Waals surface area contributed by atoms with Gasteiger partial charge in [0, 0.05) is 59.7 Å². The molecule has 26 heavy (non-hydrogen) atoms. The molecule has 2 N–H and O–H groups in total. The summed E-state index contributed by atoms with van der Waals surface area (Å²) in [7, 11) is 0. The number of aryl methyl sites for hydroxylation is 2. The summed E-state index contributed by atoms with van der Waals surface area (Å²) in [5.74, 6) is 0.487. The van der Waals surface area contributed by atoms with Crippen LogP contribution in [-0.2, 0) is 6.54 Å². The summed E-state index contributed by atoms with van der Waals surface area (Å²) in [6, 6.07) is 10.2. The number of anilines is 1. The Hall–Kier alpha value is -2.76. The van der Waals surface area contributed by atoms with E-state index < -0.39 is 0 Å². The molecule has 0 bridgehead atoms. The van der Waals surface area contributed by atoms with Crippen molar-refractivity contribution in [1.29, 1.82) is 0 Å². The number of carbonyl (C=O) groups excluding carboxylic acids is 1. The monoisotopic (exact) mass is 351 g/mol. The van der Waals surface area contributed by atoms with Gasteiger partial charge in [0.05, 0.1) is 0 Å². The van der Waals surface area contributed by atoms with Crippen LogP contribution < -0.4 is 5.32 Å². The molecule has 1 fully saturated rings. The van der Waals surface area contributed by atoms with E-state index in [1.54, 1.807) is 0 Å². The molecule has 3 heterocycles. The minimum atomic E-state index is -0.0148. The second kappa shape index (κ2) is 6.86. The number of hydrogen-bond acceptors (Lipinski definition) is 2. The predicted molar refractivity (Wildman–Crippen MR) is 104 cm³/mol. The van der Waals surface area contributed by atoms with E-state index in [9.17, 15) is 4.79 Å². The molecule has 6 nitrogen and oxygen atoms in total. The van der Waals surface area contributed by atoms with Crippen LogP contribution in [0.5, 0.6) is 0 Å². The van der Waals surface area contributed by atoms with Gasteiger partial charge in [-0.3, -0.25) is 4.68 Å². The van der Waals surface area contributed by atoms with Crippen LogP contribution in [0.1, 0.15) is 37.1 Å². The highest BCUT2D eigenvalue weighted by Gasteiger charge is 2.25. The second-order valence-corrected chi connectivity index (χ2v) is 7.02. The third kappa shape index (κ3) is 3.19. The van der Waals surface area contributed by atoms with E-state index >= 15 is 0 Å². The zero-order valence-electron chi connectivity index (χ0n) is 15.3. The summed E-state index contributed by atoms with van der Waals surface area (Å²) in [5, 5.41) is 8.53. The van der Waals surface area contributed by atoms with Crippen molar-refractivity contribution < 1.29 is 4.79 Å². The lowest BCUT2D eigenvalue weighted by atomic mass is 9.93. The van der Waals surface area contributed by atoms with Gasteiger partial charge in [-0.2, -0.15) is 5.10 Å². The van der Waals surface area contributed by atoms with Crippen molar-refractivity contribution in [1.82, 2.24) is 19.7 Å². The molecule has 0 radical (unpaired) electrons. The Morgan fingerprint density at radius 3 is 2.85 bits per heavy atom. The Labute approximate surface area is 153 Å². The number of aromatic amines is 1. The molecule has 1 aromatic carbocycles. The molecule has 2 amide bonds. The van der Waals surface area contributed by atoms with E-state index in [2.05, 4.69) is 39.1 Å². The third-order valence-electron chi connectivity index (χ3n) is 5.26. The van der Waals surface area contributed by atoms with Gasteiger partial charge >= 0.3 is 6.03 Å². The van der Waals surface area contributed by atoms with Gasteiger partial charge in [0.2, 0.25) is 0 Å². The zero-order valence-corrected chi connectivity index (χ0v) is 15.3. The van der Waals surface area contributed by atoms with E-state index in [0.29, 0.717) is 5.92 Å². The normalized spacial score (nSPS) is 15.5. The molecule has 136 valence electrons. The summed E-state index contributed by atoms with van der Waals surface area (Å²) in [4.78, 5) is 17.8.